The molecule has 4 nitrogen and oxygen atoms in total. The van der Waals surface area contributed by atoms with Crippen LogP contribution in [0.3, 0.4) is 0 Å². The smallest absolute Gasteiger partial charge is 0.387 e. The van der Waals surface area contributed by atoms with Crippen LogP contribution in [0.4, 0.5) is 13.8 Å². The van der Waals surface area contributed by atoms with Crippen LogP contribution in [0.25, 0.3) is 0 Å². The van der Waals surface area contributed by atoms with Gasteiger partial charge in [0, 0.05) is 17.6 Å². The highest BCUT2D eigenvalue weighted by atomic mass is 32.1. The molecule has 2 rings (SSSR count). The molecule has 1 aromatic heterocycles. The summed E-state index contributed by atoms with van der Waals surface area (Å²) in [5.41, 5.74) is 0.849. The number of alkyl halides is 2. The molecule has 96 valence electrons. The second-order valence-corrected chi connectivity index (χ2v) is 4.38. The molecule has 1 N–H and O–H groups in total. The van der Waals surface area contributed by atoms with Gasteiger partial charge >= 0.3 is 6.61 Å². The molecule has 1 aromatic carbocycles. The molecule has 7 heteroatoms. The average molecular weight is 271 g/mol. The normalized spacial score (nSPS) is 12.4. The van der Waals surface area contributed by atoms with Crippen molar-refractivity contribution in [2.45, 2.75) is 19.6 Å². The lowest BCUT2D eigenvalue weighted by Gasteiger charge is -2.14. The fourth-order valence-electron chi connectivity index (χ4n) is 1.49. The maximum Gasteiger partial charge on any atom is 0.387 e. The second kappa shape index (κ2) is 5.72. The molecular formula is C11H11F2N3OS. The second-order valence-electron chi connectivity index (χ2n) is 3.60. The van der Waals surface area contributed by atoms with Crippen molar-refractivity contribution in [3.05, 3.63) is 36.0 Å². The number of nitrogens with zero attached hydrogens (tertiary/aromatic N) is 2. The van der Waals surface area contributed by atoms with Gasteiger partial charge in [-0.15, -0.1) is 5.10 Å². The first kappa shape index (κ1) is 12.7. The minimum absolute atomic E-state index is 0.0477. The van der Waals surface area contributed by atoms with E-state index in [2.05, 4.69) is 19.6 Å². The zero-order valence-corrected chi connectivity index (χ0v) is 10.3. The number of hydrogen-bond donors (Lipinski definition) is 1. The molecule has 1 atom stereocenters. The Morgan fingerprint density at radius 2 is 2.22 bits per heavy atom. The van der Waals surface area contributed by atoms with Crippen LogP contribution in [-0.4, -0.2) is 16.2 Å². The Bertz CT molecular complexity index is 493. The third-order valence-corrected chi connectivity index (χ3v) is 2.90. The van der Waals surface area contributed by atoms with E-state index >= 15 is 0 Å². The molecule has 0 aliphatic heterocycles. The first-order valence-corrected chi connectivity index (χ1v) is 6.01. The van der Waals surface area contributed by atoms with Crippen LogP contribution in [0.2, 0.25) is 0 Å². The summed E-state index contributed by atoms with van der Waals surface area (Å²) in [5.74, 6) is 0.151. The summed E-state index contributed by atoms with van der Waals surface area (Å²) in [6, 6.07) is 6.55. The summed E-state index contributed by atoms with van der Waals surface area (Å²) in [5, 5.41) is 7.70. The Morgan fingerprint density at radius 3 is 2.89 bits per heavy atom. The molecule has 0 bridgehead atoms. The standard InChI is InChI=1S/C11H11F2N3OS/c1-7(15-10-6-14-16-18-10)8-3-2-4-9(5-8)17-11(12)13/h2-7,11,15H,1H3. The Labute approximate surface area is 107 Å². The topological polar surface area (TPSA) is 47.0 Å². The van der Waals surface area contributed by atoms with Crippen LogP contribution in [0, 0.1) is 0 Å². The van der Waals surface area contributed by atoms with E-state index < -0.39 is 6.61 Å². The average Bonchev–Trinajstić information content (AvgIpc) is 2.81. The fourth-order valence-corrected chi connectivity index (χ4v) is 1.99. The van der Waals surface area contributed by atoms with E-state index in [1.165, 1.54) is 17.6 Å². The zero-order chi connectivity index (χ0) is 13.0. The van der Waals surface area contributed by atoms with Gasteiger partial charge in [-0.05, 0) is 24.6 Å². The number of rotatable bonds is 5. The molecule has 0 spiro atoms. The van der Waals surface area contributed by atoms with Gasteiger partial charge in [0.25, 0.3) is 0 Å². The van der Waals surface area contributed by atoms with Crippen molar-refractivity contribution in [3.63, 3.8) is 0 Å². The van der Waals surface area contributed by atoms with Gasteiger partial charge in [-0.3, -0.25) is 0 Å². The third-order valence-electron chi connectivity index (χ3n) is 2.30. The van der Waals surface area contributed by atoms with Crippen molar-refractivity contribution in [2.24, 2.45) is 0 Å². The van der Waals surface area contributed by atoms with Gasteiger partial charge in [0.05, 0.1) is 6.20 Å². The molecule has 18 heavy (non-hydrogen) atoms. The van der Waals surface area contributed by atoms with E-state index in [-0.39, 0.29) is 11.8 Å². The maximum atomic E-state index is 12.1. The van der Waals surface area contributed by atoms with E-state index in [9.17, 15) is 8.78 Å². The largest absolute Gasteiger partial charge is 0.435 e. The number of halogens is 2. The molecule has 0 fully saturated rings. The molecule has 1 unspecified atom stereocenters. The van der Waals surface area contributed by atoms with E-state index in [0.717, 1.165) is 10.6 Å². The molecule has 0 aliphatic carbocycles. The van der Waals surface area contributed by atoms with Gasteiger partial charge in [0.2, 0.25) is 0 Å². The fraction of sp³-hybridized carbons (Fsp3) is 0.273. The van der Waals surface area contributed by atoms with Crippen molar-refractivity contribution in [3.8, 4) is 5.75 Å². The number of benzene rings is 1. The lowest BCUT2D eigenvalue weighted by Crippen LogP contribution is -2.07. The number of hydrogen-bond acceptors (Lipinski definition) is 5. The van der Waals surface area contributed by atoms with Crippen molar-refractivity contribution in [2.75, 3.05) is 5.32 Å². The molecule has 0 aliphatic rings. The molecule has 0 saturated carbocycles. The van der Waals surface area contributed by atoms with Crippen molar-refractivity contribution in [1.82, 2.24) is 9.59 Å². The lowest BCUT2D eigenvalue weighted by atomic mass is 10.1. The molecular weight excluding hydrogens is 260 g/mol. The summed E-state index contributed by atoms with van der Waals surface area (Å²) in [7, 11) is 0. The summed E-state index contributed by atoms with van der Waals surface area (Å²) < 4.78 is 32.3. The number of nitrogens with one attached hydrogen (secondary N) is 1. The first-order chi connectivity index (χ1) is 8.65. The Morgan fingerprint density at radius 1 is 1.39 bits per heavy atom. The highest BCUT2D eigenvalue weighted by molar-refractivity contribution is 7.09. The predicted octanol–water partition coefficient (Wildman–Crippen LogP) is 3.31. The maximum absolute atomic E-state index is 12.1. The number of aromatic nitrogens is 2. The van der Waals surface area contributed by atoms with E-state index in [0.29, 0.717) is 0 Å². The van der Waals surface area contributed by atoms with Crippen LogP contribution in [0.15, 0.2) is 30.5 Å². The van der Waals surface area contributed by atoms with Gasteiger partial charge in [-0.2, -0.15) is 8.78 Å². The van der Waals surface area contributed by atoms with Gasteiger partial charge in [0.15, 0.2) is 0 Å². The molecule has 1 heterocycles. The van der Waals surface area contributed by atoms with Crippen LogP contribution >= 0.6 is 11.5 Å². The highest BCUT2D eigenvalue weighted by Gasteiger charge is 2.09. The highest BCUT2D eigenvalue weighted by Crippen LogP contribution is 2.24. The van der Waals surface area contributed by atoms with Gasteiger partial charge in [-0.1, -0.05) is 16.6 Å². The van der Waals surface area contributed by atoms with Gasteiger partial charge in [-0.25, -0.2) is 0 Å². The van der Waals surface area contributed by atoms with Crippen molar-refractivity contribution in [1.29, 1.82) is 0 Å². The third kappa shape index (κ3) is 3.36. The van der Waals surface area contributed by atoms with Gasteiger partial charge in [0.1, 0.15) is 10.8 Å². The quantitative estimate of drug-likeness (QED) is 0.906. The van der Waals surface area contributed by atoms with Crippen LogP contribution < -0.4 is 10.1 Å². The van der Waals surface area contributed by atoms with E-state index in [1.807, 2.05) is 13.0 Å². The molecule has 0 saturated heterocycles. The van der Waals surface area contributed by atoms with Crippen LogP contribution in [0.1, 0.15) is 18.5 Å². The minimum atomic E-state index is -2.81. The number of anilines is 1. The summed E-state index contributed by atoms with van der Waals surface area (Å²) in [4.78, 5) is 0. The monoisotopic (exact) mass is 271 g/mol. The minimum Gasteiger partial charge on any atom is -0.435 e. The molecule has 0 amide bonds. The van der Waals surface area contributed by atoms with Gasteiger partial charge < -0.3 is 10.1 Å². The number of ether oxygens (including phenoxy) is 1. The molecule has 2 aromatic rings. The van der Waals surface area contributed by atoms with Crippen LogP contribution in [-0.2, 0) is 0 Å². The predicted molar refractivity (Wildman–Crippen MR) is 65.0 cm³/mol. The first-order valence-electron chi connectivity index (χ1n) is 5.24. The van der Waals surface area contributed by atoms with E-state index in [4.69, 9.17) is 0 Å². The molecule has 0 radical (unpaired) electrons. The SMILES string of the molecule is CC(Nc1cnns1)c1cccc(OC(F)F)c1. The summed E-state index contributed by atoms with van der Waals surface area (Å²) in [6.07, 6.45) is 1.61. The summed E-state index contributed by atoms with van der Waals surface area (Å²) in [6.45, 7) is -0.893. The zero-order valence-electron chi connectivity index (χ0n) is 9.51. The summed E-state index contributed by atoms with van der Waals surface area (Å²) >= 11 is 1.24. The lowest BCUT2D eigenvalue weighted by molar-refractivity contribution is -0.0498. The Balaban J connectivity index is 2.07. The van der Waals surface area contributed by atoms with Crippen molar-refractivity contribution >= 4 is 16.5 Å². The van der Waals surface area contributed by atoms with E-state index in [1.54, 1.807) is 18.3 Å². The Hall–Kier alpha value is -1.76. The Kier molecular flexibility index (Phi) is 4.03. The van der Waals surface area contributed by atoms with Crippen LogP contribution in [0.5, 0.6) is 5.75 Å². The van der Waals surface area contributed by atoms with Crippen molar-refractivity contribution < 1.29 is 13.5 Å².